The topological polar surface area (TPSA) is 78.7 Å². The van der Waals surface area contributed by atoms with Crippen LogP contribution in [0.2, 0.25) is 0 Å². The molecule has 1 aromatic heterocycles. The summed E-state index contributed by atoms with van der Waals surface area (Å²) in [6, 6.07) is 11.7. The van der Waals surface area contributed by atoms with Gasteiger partial charge in [-0.3, -0.25) is 9.78 Å². The van der Waals surface area contributed by atoms with E-state index in [1.807, 2.05) is 11.8 Å². The Balaban J connectivity index is 1.59. The molecule has 1 saturated heterocycles. The van der Waals surface area contributed by atoms with Gasteiger partial charge in [0.2, 0.25) is 0 Å². The Labute approximate surface area is 187 Å². The number of hydrogen-bond acceptors (Lipinski definition) is 6. The summed E-state index contributed by atoms with van der Waals surface area (Å²) in [6.07, 6.45) is 1.65. The van der Waals surface area contributed by atoms with Crippen LogP contribution in [0.5, 0.6) is 11.5 Å². The number of carbonyl (C=O) groups is 1. The number of amides is 1. The summed E-state index contributed by atoms with van der Waals surface area (Å²) >= 11 is 0. The van der Waals surface area contributed by atoms with Gasteiger partial charge in [0.1, 0.15) is 6.07 Å². The lowest BCUT2D eigenvalue weighted by molar-refractivity contribution is 0.0746. The molecule has 1 aliphatic heterocycles. The standard InChI is InChI=1S/C25H26N4O3/c1-16-11-17(2)23-20(12-16)24(19(14-26)15-27-23)28-7-9-29(10-8-28)25(30)18-5-6-21(31-3)22(13-18)32-4/h5-6,11-13,15H,7-10H2,1-4H3. The molecule has 7 nitrogen and oxygen atoms in total. The van der Waals surface area contributed by atoms with Gasteiger partial charge < -0.3 is 19.3 Å². The molecule has 0 aliphatic carbocycles. The van der Waals surface area contributed by atoms with Crippen molar-refractivity contribution in [1.82, 2.24) is 9.88 Å². The normalized spacial score (nSPS) is 13.7. The van der Waals surface area contributed by atoms with E-state index in [9.17, 15) is 10.1 Å². The van der Waals surface area contributed by atoms with Crippen molar-refractivity contribution >= 4 is 22.5 Å². The summed E-state index contributed by atoms with van der Waals surface area (Å²) in [4.78, 5) is 21.6. The number of carbonyl (C=O) groups excluding carboxylic acids is 1. The summed E-state index contributed by atoms with van der Waals surface area (Å²) in [7, 11) is 3.12. The summed E-state index contributed by atoms with van der Waals surface area (Å²) in [5.41, 5.74) is 5.16. The summed E-state index contributed by atoms with van der Waals surface area (Å²) < 4.78 is 10.6. The second-order valence-corrected chi connectivity index (χ2v) is 7.96. The Hall–Kier alpha value is -3.79. The number of methoxy groups -OCH3 is 2. The van der Waals surface area contributed by atoms with E-state index in [1.165, 1.54) is 0 Å². The molecule has 3 aromatic rings. The van der Waals surface area contributed by atoms with Crippen molar-refractivity contribution in [2.24, 2.45) is 0 Å². The van der Waals surface area contributed by atoms with Gasteiger partial charge in [-0.1, -0.05) is 11.6 Å². The van der Waals surface area contributed by atoms with Crippen LogP contribution < -0.4 is 14.4 Å². The predicted molar refractivity (Wildman–Crippen MR) is 124 cm³/mol. The van der Waals surface area contributed by atoms with Crippen molar-refractivity contribution in [2.75, 3.05) is 45.3 Å². The quantitative estimate of drug-likeness (QED) is 0.628. The molecule has 0 spiro atoms. The van der Waals surface area contributed by atoms with Gasteiger partial charge in [-0.2, -0.15) is 5.26 Å². The zero-order valence-electron chi connectivity index (χ0n) is 18.8. The molecule has 1 fully saturated rings. The fourth-order valence-electron chi connectivity index (χ4n) is 4.35. The number of hydrogen-bond donors (Lipinski definition) is 0. The van der Waals surface area contributed by atoms with Crippen molar-refractivity contribution < 1.29 is 14.3 Å². The molecule has 1 amide bonds. The maximum absolute atomic E-state index is 13.1. The predicted octanol–water partition coefficient (Wildman–Crippen LogP) is 3.70. The third kappa shape index (κ3) is 3.80. The molecule has 0 atom stereocenters. The highest BCUT2D eigenvalue weighted by atomic mass is 16.5. The van der Waals surface area contributed by atoms with Gasteiger partial charge in [-0.25, -0.2) is 0 Å². The Kier molecular flexibility index (Phi) is 5.87. The van der Waals surface area contributed by atoms with Crippen LogP contribution in [0.1, 0.15) is 27.0 Å². The number of aryl methyl sites for hydroxylation is 2. The minimum atomic E-state index is -0.0441. The third-order valence-electron chi connectivity index (χ3n) is 5.91. The van der Waals surface area contributed by atoms with Gasteiger partial charge in [0.25, 0.3) is 5.91 Å². The van der Waals surface area contributed by atoms with Gasteiger partial charge in [0.05, 0.1) is 31.0 Å². The number of nitrogens with zero attached hydrogens (tertiary/aromatic N) is 4. The Morgan fingerprint density at radius 2 is 1.75 bits per heavy atom. The molecular formula is C25H26N4O3. The molecule has 0 unspecified atom stereocenters. The number of piperazine rings is 1. The molecule has 1 aliphatic rings. The lowest BCUT2D eigenvalue weighted by atomic mass is 10.0. The average molecular weight is 431 g/mol. The Morgan fingerprint density at radius 1 is 1.03 bits per heavy atom. The first-order valence-electron chi connectivity index (χ1n) is 10.5. The Bertz CT molecular complexity index is 1220. The van der Waals surface area contributed by atoms with Gasteiger partial charge >= 0.3 is 0 Å². The van der Waals surface area contributed by atoms with E-state index in [4.69, 9.17) is 9.47 Å². The van der Waals surface area contributed by atoms with Crippen molar-refractivity contribution in [2.45, 2.75) is 13.8 Å². The van der Waals surface area contributed by atoms with Crippen LogP contribution in [0, 0.1) is 25.2 Å². The summed E-state index contributed by atoms with van der Waals surface area (Å²) in [6.45, 7) is 6.49. The number of nitriles is 1. The van der Waals surface area contributed by atoms with Crippen LogP contribution in [0.15, 0.2) is 36.5 Å². The van der Waals surface area contributed by atoms with Gasteiger partial charge in [-0.15, -0.1) is 0 Å². The summed E-state index contributed by atoms with van der Waals surface area (Å²) in [5, 5.41) is 10.7. The monoisotopic (exact) mass is 430 g/mol. The van der Waals surface area contributed by atoms with E-state index in [1.54, 1.807) is 38.6 Å². The number of anilines is 1. The van der Waals surface area contributed by atoms with Gasteiger partial charge in [-0.05, 0) is 43.7 Å². The zero-order valence-corrected chi connectivity index (χ0v) is 18.8. The van der Waals surface area contributed by atoms with Crippen LogP contribution >= 0.6 is 0 Å². The minimum Gasteiger partial charge on any atom is -0.493 e. The molecule has 4 rings (SSSR count). The summed E-state index contributed by atoms with van der Waals surface area (Å²) in [5.74, 6) is 1.08. The first kappa shape index (κ1) is 21.4. The first-order chi connectivity index (χ1) is 15.5. The highest BCUT2D eigenvalue weighted by Gasteiger charge is 2.26. The van der Waals surface area contributed by atoms with Crippen LogP contribution in [0.25, 0.3) is 10.9 Å². The van der Waals surface area contributed by atoms with Crippen LogP contribution in [0.3, 0.4) is 0 Å². The second-order valence-electron chi connectivity index (χ2n) is 7.96. The number of pyridine rings is 1. The van der Waals surface area contributed by atoms with Crippen molar-refractivity contribution in [1.29, 1.82) is 5.26 Å². The lowest BCUT2D eigenvalue weighted by Crippen LogP contribution is -2.49. The SMILES string of the molecule is COc1ccc(C(=O)N2CCN(c3c(C#N)cnc4c(C)cc(C)cc34)CC2)cc1OC. The molecule has 0 saturated carbocycles. The zero-order chi connectivity index (χ0) is 22.8. The number of rotatable bonds is 4. The maximum atomic E-state index is 13.1. The van der Waals surface area contributed by atoms with E-state index in [2.05, 4.69) is 35.0 Å². The van der Waals surface area contributed by atoms with E-state index in [0.717, 1.165) is 27.7 Å². The third-order valence-corrected chi connectivity index (χ3v) is 5.91. The number of benzene rings is 2. The maximum Gasteiger partial charge on any atom is 0.254 e. The van der Waals surface area contributed by atoms with E-state index in [-0.39, 0.29) is 5.91 Å². The molecule has 0 bridgehead atoms. The molecule has 0 N–H and O–H groups in total. The van der Waals surface area contributed by atoms with Crippen molar-refractivity contribution in [3.63, 3.8) is 0 Å². The van der Waals surface area contributed by atoms with E-state index < -0.39 is 0 Å². The minimum absolute atomic E-state index is 0.0441. The van der Waals surface area contributed by atoms with E-state index in [0.29, 0.717) is 48.8 Å². The average Bonchev–Trinajstić information content (AvgIpc) is 2.82. The van der Waals surface area contributed by atoms with Crippen LogP contribution in [0.4, 0.5) is 5.69 Å². The molecule has 0 radical (unpaired) electrons. The van der Waals surface area contributed by atoms with Gasteiger partial charge in [0.15, 0.2) is 11.5 Å². The number of aromatic nitrogens is 1. The highest BCUT2D eigenvalue weighted by Crippen LogP contribution is 2.33. The number of fused-ring (bicyclic) bond motifs is 1. The molecule has 164 valence electrons. The number of ether oxygens (including phenoxy) is 2. The van der Waals surface area contributed by atoms with Crippen LogP contribution in [-0.2, 0) is 0 Å². The molecule has 2 heterocycles. The van der Waals surface area contributed by atoms with Crippen molar-refractivity contribution in [3.8, 4) is 17.6 Å². The highest BCUT2D eigenvalue weighted by molar-refractivity contribution is 5.97. The first-order valence-corrected chi connectivity index (χ1v) is 10.5. The van der Waals surface area contributed by atoms with Crippen LogP contribution in [-0.4, -0.2) is 56.2 Å². The molecule has 32 heavy (non-hydrogen) atoms. The molecule has 2 aromatic carbocycles. The fourth-order valence-corrected chi connectivity index (χ4v) is 4.35. The largest absolute Gasteiger partial charge is 0.493 e. The fraction of sp³-hybridized carbons (Fsp3) is 0.320. The molecular weight excluding hydrogens is 404 g/mol. The molecule has 7 heteroatoms. The Morgan fingerprint density at radius 3 is 2.41 bits per heavy atom. The van der Waals surface area contributed by atoms with Gasteiger partial charge in [0, 0.05) is 43.3 Å². The smallest absolute Gasteiger partial charge is 0.254 e. The lowest BCUT2D eigenvalue weighted by Gasteiger charge is -2.37. The van der Waals surface area contributed by atoms with Crippen molar-refractivity contribution in [3.05, 3.63) is 58.8 Å². The second kappa shape index (κ2) is 8.75. The van der Waals surface area contributed by atoms with E-state index >= 15 is 0 Å².